The topological polar surface area (TPSA) is 98.5 Å². The zero-order valence-electron chi connectivity index (χ0n) is 10.8. The fourth-order valence-corrected chi connectivity index (χ4v) is 3.14. The summed E-state index contributed by atoms with van der Waals surface area (Å²) in [6.45, 7) is 0. The highest BCUT2D eigenvalue weighted by molar-refractivity contribution is 7.16. The van der Waals surface area contributed by atoms with Crippen LogP contribution in [0.15, 0.2) is 0 Å². The number of ether oxygens (including phenoxy) is 1. The van der Waals surface area contributed by atoms with Crippen LogP contribution in [0.1, 0.15) is 27.2 Å². The van der Waals surface area contributed by atoms with Crippen LogP contribution >= 0.6 is 11.3 Å². The number of amides is 1. The average Bonchev–Trinajstić information content (AvgIpc) is 2.97. The largest absolute Gasteiger partial charge is 0.463 e. The van der Waals surface area contributed by atoms with Crippen molar-refractivity contribution in [1.82, 2.24) is 0 Å². The SMILES string of the molecule is CNc1sc2c(c1C(N)=O)CCC2.COC(=O)C=O. The number of methoxy groups -OCH3 is 1. The summed E-state index contributed by atoms with van der Waals surface area (Å²) in [6, 6.07) is 0. The Kier molecular flexibility index (Phi) is 5.50. The van der Waals surface area contributed by atoms with Gasteiger partial charge in [-0.15, -0.1) is 11.3 Å². The van der Waals surface area contributed by atoms with Gasteiger partial charge in [0.25, 0.3) is 5.91 Å². The number of fused-ring (bicyclic) bond motifs is 1. The van der Waals surface area contributed by atoms with Crippen LogP contribution in [0.5, 0.6) is 0 Å². The minimum atomic E-state index is -0.838. The molecule has 1 amide bonds. The fourth-order valence-electron chi connectivity index (χ4n) is 1.89. The lowest BCUT2D eigenvalue weighted by atomic mass is 10.1. The number of rotatable bonds is 3. The molecule has 3 N–H and O–H groups in total. The van der Waals surface area contributed by atoms with Gasteiger partial charge in [0.2, 0.25) is 6.29 Å². The molecule has 6 nitrogen and oxygen atoms in total. The Morgan fingerprint density at radius 3 is 2.53 bits per heavy atom. The molecule has 0 bridgehead atoms. The number of carbonyl (C=O) groups is 3. The van der Waals surface area contributed by atoms with Crippen molar-refractivity contribution < 1.29 is 19.1 Å². The molecule has 0 aromatic carbocycles. The minimum absolute atomic E-state index is 0.111. The van der Waals surface area contributed by atoms with Crippen molar-refractivity contribution in [2.45, 2.75) is 19.3 Å². The van der Waals surface area contributed by atoms with Gasteiger partial charge in [0.1, 0.15) is 5.00 Å². The van der Waals surface area contributed by atoms with Crippen molar-refractivity contribution in [2.24, 2.45) is 5.73 Å². The van der Waals surface area contributed by atoms with Gasteiger partial charge in [-0.05, 0) is 24.8 Å². The van der Waals surface area contributed by atoms with Crippen LogP contribution in [-0.4, -0.2) is 32.3 Å². The Bertz CT molecular complexity index is 496. The lowest BCUT2D eigenvalue weighted by molar-refractivity contribution is -0.146. The summed E-state index contributed by atoms with van der Waals surface area (Å²) >= 11 is 1.66. The van der Waals surface area contributed by atoms with Crippen LogP contribution in [-0.2, 0) is 27.2 Å². The molecule has 1 aliphatic carbocycles. The van der Waals surface area contributed by atoms with Gasteiger partial charge in [0, 0.05) is 11.9 Å². The molecule has 0 saturated heterocycles. The Hall–Kier alpha value is -1.89. The average molecular weight is 284 g/mol. The third-order valence-corrected chi connectivity index (χ3v) is 4.00. The number of thiophene rings is 1. The Balaban J connectivity index is 0.000000258. The van der Waals surface area contributed by atoms with Crippen molar-refractivity contribution >= 4 is 34.5 Å². The highest BCUT2D eigenvalue weighted by atomic mass is 32.1. The number of hydrogen-bond donors (Lipinski definition) is 2. The smallest absolute Gasteiger partial charge is 0.371 e. The highest BCUT2D eigenvalue weighted by Gasteiger charge is 2.24. The van der Waals surface area contributed by atoms with E-state index in [9.17, 15) is 14.4 Å². The van der Waals surface area contributed by atoms with Crippen LogP contribution in [0.4, 0.5) is 5.00 Å². The van der Waals surface area contributed by atoms with Gasteiger partial charge in [0.15, 0.2) is 0 Å². The van der Waals surface area contributed by atoms with E-state index in [0.29, 0.717) is 0 Å². The van der Waals surface area contributed by atoms with E-state index in [1.807, 2.05) is 7.05 Å². The molecule has 1 aromatic rings. The number of primary amides is 1. The fraction of sp³-hybridized carbons (Fsp3) is 0.417. The molecule has 0 spiro atoms. The summed E-state index contributed by atoms with van der Waals surface area (Å²) in [4.78, 5) is 31.4. The standard InChI is InChI=1S/C9H12N2OS.C3H4O3/c1-11-9-7(8(10)12)5-3-2-4-6(5)13-9;1-6-3(5)2-4/h11H,2-4H2,1H3,(H2,10,12);2H,1H3. The van der Waals surface area contributed by atoms with Crippen molar-refractivity contribution in [3.8, 4) is 0 Å². The van der Waals surface area contributed by atoms with E-state index in [1.165, 1.54) is 10.4 Å². The predicted octanol–water partition coefficient (Wildman–Crippen LogP) is 0.736. The molecule has 0 aliphatic heterocycles. The zero-order chi connectivity index (χ0) is 14.4. The van der Waals surface area contributed by atoms with E-state index in [1.54, 1.807) is 11.3 Å². The summed E-state index contributed by atoms with van der Waals surface area (Å²) in [5.41, 5.74) is 7.24. The van der Waals surface area contributed by atoms with Crippen molar-refractivity contribution in [2.75, 3.05) is 19.5 Å². The second kappa shape index (κ2) is 6.89. The van der Waals surface area contributed by atoms with Gasteiger partial charge in [-0.25, -0.2) is 4.79 Å². The Morgan fingerprint density at radius 1 is 1.42 bits per heavy atom. The molecule has 1 aliphatic rings. The summed E-state index contributed by atoms with van der Waals surface area (Å²) < 4.78 is 3.89. The molecule has 0 atom stereocenters. The number of carbonyl (C=O) groups excluding carboxylic acids is 3. The van der Waals surface area contributed by atoms with Gasteiger partial charge < -0.3 is 15.8 Å². The number of aryl methyl sites for hydroxylation is 1. The van der Waals surface area contributed by atoms with Crippen LogP contribution in [0, 0.1) is 0 Å². The third-order valence-electron chi connectivity index (χ3n) is 2.69. The molecule has 0 fully saturated rings. The predicted molar refractivity (Wildman–Crippen MR) is 72.5 cm³/mol. The van der Waals surface area contributed by atoms with E-state index in [4.69, 9.17) is 5.73 Å². The van der Waals surface area contributed by atoms with Crippen molar-refractivity contribution in [1.29, 1.82) is 0 Å². The normalized spacial score (nSPS) is 11.9. The first-order valence-electron chi connectivity index (χ1n) is 5.70. The second-order valence-electron chi connectivity index (χ2n) is 3.82. The van der Waals surface area contributed by atoms with Crippen LogP contribution in [0.25, 0.3) is 0 Å². The monoisotopic (exact) mass is 284 g/mol. The molecule has 2 rings (SSSR count). The van der Waals surface area contributed by atoms with Crippen molar-refractivity contribution in [3.63, 3.8) is 0 Å². The first-order valence-corrected chi connectivity index (χ1v) is 6.52. The molecule has 0 radical (unpaired) electrons. The van der Waals surface area contributed by atoms with E-state index in [0.717, 1.165) is 36.9 Å². The number of esters is 1. The van der Waals surface area contributed by atoms with Gasteiger partial charge in [-0.1, -0.05) is 0 Å². The minimum Gasteiger partial charge on any atom is -0.463 e. The first-order chi connectivity index (χ1) is 9.04. The molecule has 7 heteroatoms. The molecule has 0 saturated carbocycles. The number of anilines is 1. The van der Waals surface area contributed by atoms with Crippen LogP contribution < -0.4 is 11.1 Å². The quantitative estimate of drug-likeness (QED) is 0.484. The van der Waals surface area contributed by atoms with E-state index < -0.39 is 5.97 Å². The van der Waals surface area contributed by atoms with E-state index in [-0.39, 0.29) is 12.2 Å². The molecule has 19 heavy (non-hydrogen) atoms. The van der Waals surface area contributed by atoms with Crippen LogP contribution in [0.3, 0.4) is 0 Å². The Morgan fingerprint density at radius 2 is 2.11 bits per heavy atom. The number of nitrogens with one attached hydrogen (secondary N) is 1. The lowest BCUT2D eigenvalue weighted by Crippen LogP contribution is -2.13. The molecule has 1 heterocycles. The maximum atomic E-state index is 11.2. The second-order valence-corrected chi connectivity index (χ2v) is 4.92. The molecule has 1 aromatic heterocycles. The zero-order valence-corrected chi connectivity index (χ0v) is 11.6. The summed E-state index contributed by atoms with van der Waals surface area (Å²) in [5.74, 6) is -1.14. The van der Waals surface area contributed by atoms with Crippen molar-refractivity contribution in [3.05, 3.63) is 16.0 Å². The maximum Gasteiger partial charge on any atom is 0.371 e. The number of hydrogen-bond acceptors (Lipinski definition) is 6. The number of nitrogens with two attached hydrogens (primary N) is 1. The Labute approximate surface area is 114 Å². The highest BCUT2D eigenvalue weighted by Crippen LogP contribution is 2.38. The van der Waals surface area contributed by atoms with Gasteiger partial charge in [0.05, 0.1) is 12.7 Å². The first kappa shape index (κ1) is 15.2. The molecular formula is C12H16N2O4S. The van der Waals surface area contributed by atoms with Crippen LogP contribution in [0.2, 0.25) is 0 Å². The molecular weight excluding hydrogens is 268 g/mol. The summed E-state index contributed by atoms with van der Waals surface area (Å²) in [5, 5.41) is 3.95. The lowest BCUT2D eigenvalue weighted by Gasteiger charge is -2.00. The molecule has 104 valence electrons. The van der Waals surface area contributed by atoms with E-state index in [2.05, 4.69) is 10.1 Å². The van der Waals surface area contributed by atoms with E-state index >= 15 is 0 Å². The third kappa shape index (κ3) is 3.54. The number of aldehydes is 1. The van der Waals surface area contributed by atoms with Gasteiger partial charge >= 0.3 is 5.97 Å². The summed E-state index contributed by atoms with van der Waals surface area (Å²) in [7, 11) is 2.98. The van der Waals surface area contributed by atoms with Gasteiger partial charge in [-0.3, -0.25) is 9.59 Å². The summed E-state index contributed by atoms with van der Waals surface area (Å²) in [6.07, 6.45) is 3.37. The maximum absolute atomic E-state index is 11.2. The molecule has 0 unspecified atom stereocenters. The van der Waals surface area contributed by atoms with Gasteiger partial charge in [-0.2, -0.15) is 0 Å².